The number of carbonyl (C=O) groups is 1. The van der Waals surface area contributed by atoms with Gasteiger partial charge in [-0.2, -0.15) is 13.2 Å². The van der Waals surface area contributed by atoms with Gasteiger partial charge in [0.15, 0.2) is 11.5 Å². The zero-order valence-corrected chi connectivity index (χ0v) is 19.2. The van der Waals surface area contributed by atoms with E-state index in [0.717, 1.165) is 17.7 Å². The minimum atomic E-state index is -4.40. The molecule has 0 atom stereocenters. The molecule has 0 unspecified atom stereocenters. The van der Waals surface area contributed by atoms with Crippen LogP contribution in [0.5, 0.6) is 11.5 Å². The molecule has 0 bridgehead atoms. The number of benzene rings is 2. The van der Waals surface area contributed by atoms with E-state index in [1.165, 1.54) is 12.1 Å². The predicted molar refractivity (Wildman–Crippen MR) is 123 cm³/mol. The molecule has 9 heteroatoms. The van der Waals surface area contributed by atoms with Gasteiger partial charge >= 0.3 is 6.18 Å². The average Bonchev–Trinajstić information content (AvgIpc) is 3.16. The molecule has 34 heavy (non-hydrogen) atoms. The van der Waals surface area contributed by atoms with E-state index in [4.69, 9.17) is 9.47 Å². The number of nitrogens with zero attached hydrogens (tertiary/aromatic N) is 3. The van der Waals surface area contributed by atoms with Gasteiger partial charge < -0.3 is 18.9 Å². The van der Waals surface area contributed by atoms with Crippen LogP contribution in [0.1, 0.15) is 35.8 Å². The number of carbonyl (C=O) groups excluding carboxylic acids is 1. The number of hydrogen-bond acceptors (Lipinski definition) is 4. The van der Waals surface area contributed by atoms with Gasteiger partial charge in [-0.1, -0.05) is 6.07 Å². The first kappa shape index (κ1) is 23.7. The molecule has 1 amide bonds. The largest absolute Gasteiger partial charge is 0.493 e. The quantitative estimate of drug-likeness (QED) is 0.475. The van der Waals surface area contributed by atoms with Crippen LogP contribution in [0.2, 0.25) is 0 Å². The molecule has 1 fully saturated rings. The normalized spacial score (nSPS) is 15.3. The van der Waals surface area contributed by atoms with Crippen molar-refractivity contribution in [3.05, 3.63) is 59.4 Å². The molecule has 0 spiro atoms. The van der Waals surface area contributed by atoms with Crippen molar-refractivity contribution in [1.82, 2.24) is 14.5 Å². The third-order valence-corrected chi connectivity index (χ3v) is 6.16. The Labute approximate surface area is 195 Å². The first-order valence-corrected chi connectivity index (χ1v) is 11.0. The predicted octanol–water partition coefficient (Wildman–Crippen LogP) is 5.26. The van der Waals surface area contributed by atoms with E-state index in [9.17, 15) is 18.0 Å². The van der Waals surface area contributed by atoms with E-state index in [0.29, 0.717) is 54.3 Å². The maximum Gasteiger partial charge on any atom is 0.416 e. The molecule has 0 aliphatic carbocycles. The maximum absolute atomic E-state index is 13.1. The Morgan fingerprint density at radius 3 is 2.41 bits per heavy atom. The van der Waals surface area contributed by atoms with E-state index in [1.807, 2.05) is 10.6 Å². The zero-order valence-electron chi connectivity index (χ0n) is 19.2. The van der Waals surface area contributed by atoms with E-state index in [2.05, 4.69) is 4.98 Å². The number of aryl methyl sites for hydroxylation is 1. The Balaban J connectivity index is 1.43. The number of halogens is 3. The molecule has 1 aliphatic rings. The fourth-order valence-electron chi connectivity index (χ4n) is 4.43. The SMILES string of the molecule is COc1ccc(/C=C/C(=O)N2CCC(n3c(C)nc4cc(C(F)(F)F)ccc43)CC2)cc1OC. The van der Waals surface area contributed by atoms with Crippen molar-refractivity contribution in [1.29, 1.82) is 0 Å². The van der Waals surface area contributed by atoms with Gasteiger partial charge in [-0.05, 0) is 61.7 Å². The van der Waals surface area contributed by atoms with Crippen molar-refractivity contribution < 1.29 is 27.4 Å². The van der Waals surface area contributed by atoms with Crippen LogP contribution in [-0.4, -0.2) is 47.7 Å². The first-order valence-electron chi connectivity index (χ1n) is 11.0. The highest BCUT2D eigenvalue weighted by atomic mass is 19.4. The number of amides is 1. The number of hydrogen-bond donors (Lipinski definition) is 0. The lowest BCUT2D eigenvalue weighted by Crippen LogP contribution is -2.38. The molecular weight excluding hydrogens is 447 g/mol. The number of alkyl halides is 3. The van der Waals surface area contributed by atoms with Crippen molar-refractivity contribution >= 4 is 23.0 Å². The number of imidazole rings is 1. The maximum atomic E-state index is 13.1. The minimum absolute atomic E-state index is 0.0700. The van der Waals surface area contributed by atoms with Crippen molar-refractivity contribution in [2.24, 2.45) is 0 Å². The van der Waals surface area contributed by atoms with E-state index < -0.39 is 11.7 Å². The summed E-state index contributed by atoms with van der Waals surface area (Å²) in [7, 11) is 3.12. The van der Waals surface area contributed by atoms with Crippen molar-refractivity contribution in [3.63, 3.8) is 0 Å². The Hall–Kier alpha value is -3.49. The van der Waals surface area contributed by atoms with E-state index >= 15 is 0 Å². The van der Waals surface area contributed by atoms with Crippen LogP contribution in [0.25, 0.3) is 17.1 Å². The Morgan fingerprint density at radius 2 is 1.76 bits per heavy atom. The number of likely N-dealkylation sites (tertiary alicyclic amines) is 1. The molecule has 4 rings (SSSR count). The second-order valence-corrected chi connectivity index (χ2v) is 8.23. The Bertz CT molecular complexity index is 1230. The Morgan fingerprint density at radius 1 is 1.06 bits per heavy atom. The van der Waals surface area contributed by atoms with Crippen molar-refractivity contribution in [3.8, 4) is 11.5 Å². The van der Waals surface area contributed by atoms with Gasteiger partial charge in [-0.3, -0.25) is 4.79 Å². The monoisotopic (exact) mass is 473 g/mol. The lowest BCUT2D eigenvalue weighted by atomic mass is 10.0. The lowest BCUT2D eigenvalue weighted by Gasteiger charge is -2.33. The van der Waals surface area contributed by atoms with Crippen LogP contribution < -0.4 is 9.47 Å². The van der Waals surface area contributed by atoms with Gasteiger partial charge in [0.05, 0.1) is 30.8 Å². The third-order valence-electron chi connectivity index (χ3n) is 6.16. The number of methoxy groups -OCH3 is 2. The summed E-state index contributed by atoms with van der Waals surface area (Å²) in [5.74, 6) is 1.79. The number of piperidine rings is 1. The number of aromatic nitrogens is 2. The highest BCUT2D eigenvalue weighted by molar-refractivity contribution is 5.92. The number of rotatable bonds is 5. The van der Waals surface area contributed by atoms with Gasteiger partial charge in [0.1, 0.15) is 5.82 Å². The highest BCUT2D eigenvalue weighted by Gasteiger charge is 2.32. The molecule has 1 saturated heterocycles. The summed E-state index contributed by atoms with van der Waals surface area (Å²) in [6, 6.07) is 9.17. The second-order valence-electron chi connectivity index (χ2n) is 8.23. The summed E-state index contributed by atoms with van der Waals surface area (Å²) in [6.45, 7) is 2.91. The number of ether oxygens (including phenoxy) is 2. The average molecular weight is 473 g/mol. The smallest absolute Gasteiger partial charge is 0.416 e. The minimum Gasteiger partial charge on any atom is -0.493 e. The molecule has 0 N–H and O–H groups in total. The highest BCUT2D eigenvalue weighted by Crippen LogP contribution is 2.34. The molecule has 0 radical (unpaired) electrons. The summed E-state index contributed by atoms with van der Waals surface area (Å²) in [4.78, 5) is 18.9. The molecule has 180 valence electrons. The van der Waals surface area contributed by atoms with Crippen molar-refractivity contribution in [2.45, 2.75) is 32.0 Å². The van der Waals surface area contributed by atoms with Gasteiger partial charge in [0.2, 0.25) is 5.91 Å². The zero-order chi connectivity index (χ0) is 24.5. The number of fused-ring (bicyclic) bond motifs is 1. The second kappa shape index (κ2) is 9.40. The molecule has 6 nitrogen and oxygen atoms in total. The molecule has 2 aromatic carbocycles. The van der Waals surface area contributed by atoms with Crippen LogP contribution in [0, 0.1) is 6.92 Å². The van der Waals surface area contributed by atoms with Crippen LogP contribution in [0.15, 0.2) is 42.5 Å². The third kappa shape index (κ3) is 4.73. The molecule has 0 saturated carbocycles. The fraction of sp³-hybridized carbons (Fsp3) is 0.360. The lowest BCUT2D eigenvalue weighted by molar-refractivity contribution is -0.137. The van der Waals surface area contributed by atoms with Crippen LogP contribution in [-0.2, 0) is 11.0 Å². The molecule has 3 aromatic rings. The summed E-state index contributed by atoms with van der Waals surface area (Å²) >= 11 is 0. The van der Waals surface area contributed by atoms with Crippen LogP contribution in [0.4, 0.5) is 13.2 Å². The van der Waals surface area contributed by atoms with E-state index in [-0.39, 0.29) is 11.9 Å². The fourth-order valence-corrected chi connectivity index (χ4v) is 4.43. The summed E-state index contributed by atoms with van der Waals surface area (Å²) < 4.78 is 51.7. The standard InChI is InChI=1S/C25H26F3N3O3/c1-16-29-20-15-18(25(26,27)28)6-7-21(20)31(16)19-10-12-30(13-11-19)24(32)9-5-17-4-8-22(33-2)23(14-17)34-3/h4-9,14-15,19H,10-13H2,1-3H3/b9-5+. The van der Waals surface area contributed by atoms with Crippen molar-refractivity contribution in [2.75, 3.05) is 27.3 Å². The first-order chi connectivity index (χ1) is 16.2. The topological polar surface area (TPSA) is 56.6 Å². The van der Waals surface area contributed by atoms with Gasteiger partial charge in [0, 0.05) is 25.2 Å². The van der Waals surface area contributed by atoms with Crippen LogP contribution in [0.3, 0.4) is 0 Å². The summed E-state index contributed by atoms with van der Waals surface area (Å²) in [5, 5.41) is 0. The van der Waals surface area contributed by atoms with Gasteiger partial charge in [-0.25, -0.2) is 4.98 Å². The molecule has 1 aliphatic heterocycles. The van der Waals surface area contributed by atoms with E-state index in [1.54, 1.807) is 44.3 Å². The van der Waals surface area contributed by atoms with Crippen LogP contribution >= 0.6 is 0 Å². The van der Waals surface area contributed by atoms with Gasteiger partial charge in [-0.15, -0.1) is 0 Å². The molecule has 1 aromatic heterocycles. The Kier molecular flexibility index (Phi) is 6.54. The molecule has 2 heterocycles. The summed E-state index contributed by atoms with van der Waals surface area (Å²) in [5.41, 5.74) is 1.14. The molecular formula is C25H26F3N3O3. The van der Waals surface area contributed by atoms with Gasteiger partial charge in [0.25, 0.3) is 0 Å². The summed E-state index contributed by atoms with van der Waals surface area (Å²) in [6.07, 6.45) is 0.273.